The van der Waals surface area contributed by atoms with Crippen LogP contribution in [-0.2, 0) is 11.2 Å². The number of amides is 2. The van der Waals surface area contributed by atoms with E-state index < -0.39 is 5.66 Å². The Morgan fingerprint density at radius 3 is 2.85 bits per heavy atom. The molecule has 2 N–H and O–H groups in total. The Balaban J connectivity index is 1.43. The van der Waals surface area contributed by atoms with Gasteiger partial charge in [0.25, 0.3) is 5.91 Å². The number of hydrogen-bond donors (Lipinski definition) is 2. The second-order valence-corrected chi connectivity index (χ2v) is 7.35. The number of nitrogens with one attached hydrogen (secondary N) is 2. The summed E-state index contributed by atoms with van der Waals surface area (Å²) in [5.74, 6) is 0.0204. The van der Waals surface area contributed by atoms with Crippen LogP contribution in [0.5, 0.6) is 0 Å². The molecule has 0 unspecified atom stereocenters. The van der Waals surface area contributed by atoms with Crippen LogP contribution in [0, 0.1) is 0 Å². The Hall–Kier alpha value is -2.89. The maximum absolute atomic E-state index is 13.0. The monoisotopic (exact) mass is 348 g/mol. The predicted octanol–water partition coefficient (Wildman–Crippen LogP) is 1.94. The van der Waals surface area contributed by atoms with E-state index in [1.165, 1.54) is 0 Å². The van der Waals surface area contributed by atoms with Gasteiger partial charge in [0.1, 0.15) is 5.66 Å². The van der Waals surface area contributed by atoms with Crippen LogP contribution < -0.4 is 10.6 Å². The quantitative estimate of drug-likeness (QED) is 0.870. The molecule has 0 saturated carbocycles. The van der Waals surface area contributed by atoms with Crippen LogP contribution in [-0.4, -0.2) is 39.4 Å². The molecule has 2 saturated heterocycles. The van der Waals surface area contributed by atoms with E-state index in [9.17, 15) is 9.59 Å². The molecule has 1 aromatic heterocycles. The number of hydrogen-bond acceptors (Lipinski definition) is 4. The smallest absolute Gasteiger partial charge is 0.255 e. The normalized spacial score (nSPS) is 28.6. The topological polar surface area (TPSA) is 74.3 Å². The Labute approximate surface area is 151 Å². The molecule has 0 aliphatic carbocycles. The van der Waals surface area contributed by atoms with E-state index in [1.54, 1.807) is 6.20 Å². The maximum atomic E-state index is 13.0. The van der Waals surface area contributed by atoms with E-state index in [0.717, 1.165) is 30.6 Å². The van der Waals surface area contributed by atoms with Gasteiger partial charge in [0, 0.05) is 30.0 Å². The first kappa shape index (κ1) is 15.4. The largest absolute Gasteiger partial charge is 0.360 e. The number of benzene rings is 1. The zero-order valence-electron chi connectivity index (χ0n) is 14.3. The highest BCUT2D eigenvalue weighted by atomic mass is 16.2. The zero-order chi connectivity index (χ0) is 17.7. The summed E-state index contributed by atoms with van der Waals surface area (Å²) in [6.45, 7) is 0. The number of anilines is 1. The van der Waals surface area contributed by atoms with Crippen LogP contribution in [0.1, 0.15) is 35.3 Å². The second-order valence-electron chi connectivity index (χ2n) is 7.35. The molecule has 3 aliphatic heterocycles. The molecular weight excluding hydrogens is 328 g/mol. The van der Waals surface area contributed by atoms with E-state index in [0.29, 0.717) is 12.0 Å². The van der Waals surface area contributed by atoms with E-state index >= 15 is 0 Å². The summed E-state index contributed by atoms with van der Waals surface area (Å²) in [4.78, 5) is 31.9. The van der Waals surface area contributed by atoms with Gasteiger partial charge in [0.15, 0.2) is 0 Å². The van der Waals surface area contributed by atoms with Gasteiger partial charge >= 0.3 is 0 Å². The summed E-state index contributed by atoms with van der Waals surface area (Å²) < 4.78 is 0. The second kappa shape index (κ2) is 5.56. The number of para-hydroxylation sites is 1. The van der Waals surface area contributed by atoms with Crippen molar-refractivity contribution < 1.29 is 9.59 Å². The van der Waals surface area contributed by atoms with Crippen molar-refractivity contribution >= 4 is 17.5 Å². The molecular formula is C20H20N4O2. The number of rotatable bonds is 2. The molecule has 1 spiro atoms. The average Bonchev–Trinajstić information content (AvgIpc) is 3.18. The Bertz CT molecular complexity index is 884. The van der Waals surface area contributed by atoms with Crippen molar-refractivity contribution in [1.82, 2.24) is 15.2 Å². The lowest BCUT2D eigenvalue weighted by Gasteiger charge is -2.43. The third kappa shape index (κ3) is 2.21. The SMILES string of the molecule is O=C1N[C@@]2(C[C@H]3CC[C@@H]2N3C(=O)Cc2ccccn2)Nc2ccccc21. The summed E-state index contributed by atoms with van der Waals surface area (Å²) >= 11 is 0. The van der Waals surface area contributed by atoms with E-state index in [4.69, 9.17) is 0 Å². The Morgan fingerprint density at radius 1 is 1.15 bits per heavy atom. The van der Waals surface area contributed by atoms with Crippen molar-refractivity contribution in [3.63, 3.8) is 0 Å². The minimum Gasteiger partial charge on any atom is -0.360 e. The summed E-state index contributed by atoms with van der Waals surface area (Å²) in [7, 11) is 0. The molecule has 3 atom stereocenters. The van der Waals surface area contributed by atoms with Crippen molar-refractivity contribution in [2.24, 2.45) is 0 Å². The van der Waals surface area contributed by atoms with Crippen molar-refractivity contribution in [2.45, 2.75) is 43.4 Å². The lowest BCUT2D eigenvalue weighted by molar-refractivity contribution is -0.132. The number of carbonyl (C=O) groups is 2. The number of pyridine rings is 1. The Morgan fingerprint density at radius 2 is 2.00 bits per heavy atom. The van der Waals surface area contributed by atoms with Gasteiger partial charge in [0.05, 0.1) is 18.0 Å². The van der Waals surface area contributed by atoms with Crippen LogP contribution >= 0.6 is 0 Å². The first-order valence-electron chi connectivity index (χ1n) is 9.07. The van der Waals surface area contributed by atoms with Crippen LogP contribution in [0.2, 0.25) is 0 Å². The third-order valence-corrected chi connectivity index (χ3v) is 5.84. The van der Waals surface area contributed by atoms with Crippen molar-refractivity contribution in [1.29, 1.82) is 0 Å². The highest BCUT2D eigenvalue weighted by Gasteiger charge is 2.59. The van der Waals surface area contributed by atoms with Crippen molar-refractivity contribution in [3.05, 3.63) is 59.9 Å². The van der Waals surface area contributed by atoms with Gasteiger partial charge in [-0.2, -0.15) is 0 Å². The highest BCUT2D eigenvalue weighted by molar-refractivity contribution is 6.02. The number of fused-ring (bicyclic) bond motifs is 4. The lowest BCUT2D eigenvalue weighted by atomic mass is 9.86. The van der Waals surface area contributed by atoms with Gasteiger partial charge in [-0.25, -0.2) is 0 Å². The molecule has 6 heteroatoms. The average molecular weight is 348 g/mol. The molecule has 2 amide bonds. The minimum absolute atomic E-state index is 0.0268. The lowest BCUT2D eigenvalue weighted by Crippen LogP contribution is -2.64. The maximum Gasteiger partial charge on any atom is 0.255 e. The molecule has 26 heavy (non-hydrogen) atoms. The van der Waals surface area contributed by atoms with Crippen LogP contribution in [0.3, 0.4) is 0 Å². The summed E-state index contributed by atoms with van der Waals surface area (Å²) in [5.41, 5.74) is 1.73. The highest BCUT2D eigenvalue weighted by Crippen LogP contribution is 2.46. The molecule has 1 aromatic carbocycles. The van der Waals surface area contributed by atoms with Gasteiger partial charge < -0.3 is 15.5 Å². The van der Waals surface area contributed by atoms with Gasteiger partial charge in [-0.05, 0) is 37.1 Å². The van der Waals surface area contributed by atoms with Gasteiger partial charge in [-0.1, -0.05) is 18.2 Å². The molecule has 132 valence electrons. The fraction of sp³-hybridized carbons (Fsp3) is 0.350. The van der Waals surface area contributed by atoms with Gasteiger partial charge in [-0.15, -0.1) is 0 Å². The number of aromatic nitrogens is 1. The zero-order valence-corrected chi connectivity index (χ0v) is 14.3. The van der Waals surface area contributed by atoms with Gasteiger partial charge in [0.2, 0.25) is 5.91 Å². The van der Waals surface area contributed by atoms with E-state index in [-0.39, 0.29) is 23.9 Å². The molecule has 3 aliphatic rings. The van der Waals surface area contributed by atoms with Crippen LogP contribution in [0.25, 0.3) is 0 Å². The van der Waals surface area contributed by atoms with Crippen LogP contribution in [0.15, 0.2) is 48.7 Å². The number of carbonyl (C=O) groups excluding carboxylic acids is 2. The van der Waals surface area contributed by atoms with Crippen molar-refractivity contribution in [2.75, 3.05) is 5.32 Å². The standard InChI is InChI=1S/C20H20N4O2/c25-18(11-13-5-3-4-10-21-13)24-14-8-9-17(24)20(12-14)22-16-7-2-1-6-15(16)19(26)23-20/h1-7,10,14,17,22H,8-9,11-12H2,(H,23,26)/t14-,17+,20-/m1/s1. The molecule has 4 heterocycles. The number of nitrogens with zero attached hydrogens (tertiary/aromatic N) is 2. The molecule has 2 bridgehead atoms. The summed E-state index contributed by atoms with van der Waals surface area (Å²) in [5, 5.41) is 6.71. The Kier molecular flexibility index (Phi) is 3.29. The van der Waals surface area contributed by atoms with Crippen LogP contribution in [0.4, 0.5) is 5.69 Å². The van der Waals surface area contributed by atoms with E-state index in [1.807, 2.05) is 47.4 Å². The fourth-order valence-electron chi connectivity index (χ4n) is 4.80. The first-order valence-corrected chi connectivity index (χ1v) is 9.07. The summed E-state index contributed by atoms with van der Waals surface area (Å²) in [6.07, 6.45) is 4.64. The summed E-state index contributed by atoms with van der Waals surface area (Å²) in [6, 6.07) is 13.3. The minimum atomic E-state index is -0.561. The molecule has 5 rings (SSSR count). The fourth-order valence-corrected chi connectivity index (χ4v) is 4.80. The first-order chi connectivity index (χ1) is 12.7. The third-order valence-electron chi connectivity index (χ3n) is 5.84. The molecule has 2 aromatic rings. The molecule has 6 nitrogen and oxygen atoms in total. The molecule has 2 fully saturated rings. The van der Waals surface area contributed by atoms with E-state index in [2.05, 4.69) is 15.6 Å². The molecule has 0 radical (unpaired) electrons. The predicted molar refractivity (Wildman–Crippen MR) is 96.5 cm³/mol. The van der Waals surface area contributed by atoms with Gasteiger partial charge in [-0.3, -0.25) is 14.6 Å². The van der Waals surface area contributed by atoms with Crippen molar-refractivity contribution in [3.8, 4) is 0 Å².